The Balaban J connectivity index is 2.90. The van der Waals surface area contributed by atoms with Gasteiger partial charge in [-0.3, -0.25) is 0 Å². The molecule has 1 nitrogen and oxygen atoms in total. The molecule has 2 rings (SSSR count). The van der Waals surface area contributed by atoms with Crippen LogP contribution in [0.1, 0.15) is 17.2 Å². The van der Waals surface area contributed by atoms with E-state index in [4.69, 9.17) is 0 Å². The first kappa shape index (κ1) is 19.1. The lowest BCUT2D eigenvalue weighted by atomic mass is 9.97. The van der Waals surface area contributed by atoms with E-state index in [1.165, 1.54) is 0 Å². The highest BCUT2D eigenvalue weighted by molar-refractivity contribution is 5.98. The average Bonchev–Trinajstić information content (AvgIpc) is 2.60. The van der Waals surface area contributed by atoms with Crippen molar-refractivity contribution in [3.63, 3.8) is 0 Å². The SMILES string of the molecule is [B]OC(c1c(F)c(F)c(F)c(F)c1F)c1c(F)c(F)c(F)c(F)c1F. The smallest absolute Gasteiger partial charge is 0.283 e. The van der Waals surface area contributed by atoms with Gasteiger partial charge in [-0.25, -0.2) is 43.9 Å². The van der Waals surface area contributed by atoms with Gasteiger partial charge >= 0.3 is 0 Å². The molecule has 0 aliphatic carbocycles. The summed E-state index contributed by atoms with van der Waals surface area (Å²) in [5.74, 6) is -25.9. The van der Waals surface area contributed by atoms with Crippen molar-refractivity contribution in [3.05, 3.63) is 69.3 Å². The zero-order chi connectivity index (χ0) is 19.2. The van der Waals surface area contributed by atoms with E-state index in [9.17, 15) is 43.9 Å². The van der Waals surface area contributed by atoms with Crippen molar-refractivity contribution in [1.29, 1.82) is 0 Å². The summed E-state index contributed by atoms with van der Waals surface area (Å²) in [5, 5.41) is 0. The van der Waals surface area contributed by atoms with E-state index in [1.807, 2.05) is 0 Å². The van der Waals surface area contributed by atoms with Crippen LogP contribution >= 0.6 is 0 Å². The largest absolute Gasteiger partial charge is 0.437 e. The summed E-state index contributed by atoms with van der Waals surface area (Å²) in [6, 6.07) is 0. The molecule has 12 heteroatoms. The third kappa shape index (κ3) is 2.73. The monoisotopic (exact) mass is 374 g/mol. The molecule has 2 aromatic rings. The van der Waals surface area contributed by atoms with Crippen LogP contribution in [-0.4, -0.2) is 8.05 Å². The minimum absolute atomic E-state index is 2.04. The highest BCUT2D eigenvalue weighted by atomic mass is 19.2. The first-order valence-corrected chi connectivity index (χ1v) is 5.94. The Labute approximate surface area is 133 Å². The molecule has 0 saturated heterocycles. The first-order valence-electron chi connectivity index (χ1n) is 5.94. The van der Waals surface area contributed by atoms with Gasteiger partial charge in [-0.1, -0.05) is 0 Å². The fourth-order valence-corrected chi connectivity index (χ4v) is 1.98. The molecular weight excluding hydrogens is 373 g/mol. The lowest BCUT2D eigenvalue weighted by Gasteiger charge is -2.21. The fourth-order valence-electron chi connectivity index (χ4n) is 1.98. The van der Waals surface area contributed by atoms with E-state index in [0.29, 0.717) is 0 Å². The zero-order valence-electron chi connectivity index (χ0n) is 11.3. The Kier molecular flexibility index (Phi) is 5.03. The van der Waals surface area contributed by atoms with Gasteiger partial charge in [0.15, 0.2) is 46.5 Å². The Hall–Kier alpha value is -2.24. The van der Waals surface area contributed by atoms with Crippen LogP contribution in [0.4, 0.5) is 43.9 Å². The molecule has 0 heterocycles. The second-order valence-electron chi connectivity index (χ2n) is 4.48. The van der Waals surface area contributed by atoms with Crippen LogP contribution in [0.3, 0.4) is 0 Å². The molecule has 132 valence electrons. The molecule has 0 aromatic heterocycles. The maximum Gasteiger partial charge on any atom is 0.283 e. The van der Waals surface area contributed by atoms with Crippen molar-refractivity contribution < 1.29 is 48.6 Å². The van der Waals surface area contributed by atoms with Crippen molar-refractivity contribution in [2.75, 3.05) is 0 Å². The lowest BCUT2D eigenvalue weighted by Crippen LogP contribution is -2.19. The Morgan fingerprint density at radius 1 is 0.440 bits per heavy atom. The summed E-state index contributed by atoms with van der Waals surface area (Å²) < 4.78 is 137. The molecule has 25 heavy (non-hydrogen) atoms. The zero-order valence-corrected chi connectivity index (χ0v) is 11.3. The van der Waals surface area contributed by atoms with E-state index in [1.54, 1.807) is 0 Å². The molecule has 0 spiro atoms. The molecule has 0 fully saturated rings. The van der Waals surface area contributed by atoms with E-state index in [-0.39, 0.29) is 0 Å². The van der Waals surface area contributed by atoms with Crippen molar-refractivity contribution in [2.45, 2.75) is 6.10 Å². The molecule has 2 aromatic carbocycles. The summed E-state index contributed by atoms with van der Waals surface area (Å²) in [7, 11) is 4.54. The summed E-state index contributed by atoms with van der Waals surface area (Å²) in [4.78, 5) is 0. The molecule has 0 amide bonds. The number of hydrogen-bond acceptors (Lipinski definition) is 1. The van der Waals surface area contributed by atoms with Gasteiger partial charge in [0.1, 0.15) is 6.10 Å². The van der Waals surface area contributed by atoms with Crippen LogP contribution in [0, 0.1) is 58.2 Å². The van der Waals surface area contributed by atoms with Gasteiger partial charge in [-0.2, -0.15) is 0 Å². The topological polar surface area (TPSA) is 9.23 Å². The van der Waals surface area contributed by atoms with E-state index in [2.05, 4.69) is 12.7 Å². The molecular formula is C13HBF10O. The number of halogens is 10. The second kappa shape index (κ2) is 6.58. The molecule has 0 bridgehead atoms. The molecule has 0 unspecified atom stereocenters. The summed E-state index contributed by atoms with van der Waals surface area (Å²) in [6.07, 6.45) is -3.03. The van der Waals surface area contributed by atoms with E-state index >= 15 is 0 Å². The van der Waals surface area contributed by atoms with Crippen molar-refractivity contribution in [1.82, 2.24) is 0 Å². The third-order valence-corrected chi connectivity index (χ3v) is 3.15. The predicted molar refractivity (Wildman–Crippen MR) is 61.1 cm³/mol. The standard InChI is InChI=1S/C13HBF10O/c14-25-13(1-3(15)7(19)11(23)8(20)4(1)16)2-5(17)9(21)12(24)10(22)6(2)18/h13H. The van der Waals surface area contributed by atoms with Gasteiger partial charge < -0.3 is 4.65 Å². The Bertz CT molecular complexity index is 741. The van der Waals surface area contributed by atoms with Gasteiger partial charge in [0.2, 0.25) is 11.6 Å². The summed E-state index contributed by atoms with van der Waals surface area (Å²) >= 11 is 0. The number of hydrogen-bond donors (Lipinski definition) is 0. The molecule has 0 saturated carbocycles. The van der Waals surface area contributed by atoms with E-state index in [0.717, 1.165) is 0 Å². The molecule has 0 aliphatic rings. The lowest BCUT2D eigenvalue weighted by molar-refractivity contribution is 0.228. The van der Waals surface area contributed by atoms with Crippen molar-refractivity contribution >= 4 is 8.05 Å². The minimum Gasteiger partial charge on any atom is -0.437 e. The highest BCUT2D eigenvalue weighted by Gasteiger charge is 2.37. The Morgan fingerprint density at radius 2 is 0.640 bits per heavy atom. The average molecular weight is 374 g/mol. The molecule has 2 radical (unpaired) electrons. The Morgan fingerprint density at radius 3 is 0.840 bits per heavy atom. The van der Waals surface area contributed by atoms with Crippen LogP contribution in [0.25, 0.3) is 0 Å². The van der Waals surface area contributed by atoms with Crippen molar-refractivity contribution in [2.24, 2.45) is 0 Å². The van der Waals surface area contributed by atoms with Gasteiger partial charge in [0, 0.05) is 0 Å². The maximum absolute atomic E-state index is 13.7. The summed E-state index contributed by atoms with van der Waals surface area (Å²) in [6.45, 7) is 0. The fraction of sp³-hybridized carbons (Fsp3) is 0.0769. The third-order valence-electron chi connectivity index (χ3n) is 3.15. The maximum atomic E-state index is 13.7. The van der Waals surface area contributed by atoms with Crippen LogP contribution in [0.2, 0.25) is 0 Å². The van der Waals surface area contributed by atoms with Crippen LogP contribution in [0.5, 0.6) is 0 Å². The first-order chi connectivity index (χ1) is 11.6. The van der Waals surface area contributed by atoms with Crippen LogP contribution in [-0.2, 0) is 4.65 Å². The second-order valence-corrected chi connectivity index (χ2v) is 4.48. The molecule has 0 N–H and O–H groups in total. The van der Waals surface area contributed by atoms with Gasteiger partial charge in [-0.05, 0) is 0 Å². The van der Waals surface area contributed by atoms with E-state index < -0.39 is 75.4 Å². The van der Waals surface area contributed by atoms with Crippen molar-refractivity contribution in [3.8, 4) is 0 Å². The normalized spacial score (nSPS) is 11.5. The number of benzene rings is 2. The summed E-state index contributed by atoms with van der Waals surface area (Å²) in [5.41, 5.74) is -4.08. The van der Waals surface area contributed by atoms with Crippen LogP contribution < -0.4 is 0 Å². The number of rotatable bonds is 3. The quantitative estimate of drug-likeness (QED) is 0.338. The minimum atomic E-state index is -3.03. The van der Waals surface area contributed by atoms with Gasteiger partial charge in [0.25, 0.3) is 8.05 Å². The predicted octanol–water partition coefficient (Wildman–Crippen LogP) is 4.27. The molecule has 0 aliphatic heterocycles. The molecule has 0 atom stereocenters. The van der Waals surface area contributed by atoms with Gasteiger partial charge in [-0.15, -0.1) is 0 Å². The van der Waals surface area contributed by atoms with Crippen LogP contribution in [0.15, 0.2) is 0 Å². The van der Waals surface area contributed by atoms with Gasteiger partial charge in [0.05, 0.1) is 11.1 Å². The highest BCUT2D eigenvalue weighted by Crippen LogP contribution is 2.37.